The SMILES string of the molecule is C=CC1=CC(C)(C=C)CC(Cc2cc(C=C)cc(C=C)c2)=C1. The second-order valence-corrected chi connectivity index (χ2v) is 6.13. The van der Waals surface area contributed by atoms with Gasteiger partial charge in [-0.05, 0) is 41.2 Å². The summed E-state index contributed by atoms with van der Waals surface area (Å²) in [5, 5.41) is 0. The number of allylic oxidation sites excluding steroid dienone is 6. The molecule has 0 saturated carbocycles. The van der Waals surface area contributed by atoms with Crippen molar-refractivity contribution in [3.8, 4) is 0 Å². The Bertz CT molecular complexity index is 656. The van der Waals surface area contributed by atoms with Crippen molar-refractivity contribution in [2.75, 3.05) is 0 Å². The van der Waals surface area contributed by atoms with E-state index >= 15 is 0 Å². The van der Waals surface area contributed by atoms with Gasteiger partial charge in [-0.2, -0.15) is 0 Å². The first-order valence-corrected chi connectivity index (χ1v) is 7.59. The van der Waals surface area contributed by atoms with Crippen molar-refractivity contribution in [1.29, 1.82) is 0 Å². The highest BCUT2D eigenvalue weighted by Gasteiger charge is 2.23. The van der Waals surface area contributed by atoms with Crippen LogP contribution < -0.4 is 0 Å². The standard InChI is InChI=1S/C22H24/c1-6-17-10-18(7-2)12-20(11-17)14-21-13-19(8-3)15-22(5,9-4)16-21/h6-13,15H,1-4,14,16H2,5H3. The number of hydrogen-bond donors (Lipinski definition) is 0. The van der Waals surface area contributed by atoms with Crippen molar-refractivity contribution in [2.24, 2.45) is 5.41 Å². The molecule has 1 unspecified atom stereocenters. The minimum Gasteiger partial charge on any atom is -0.102 e. The molecular weight excluding hydrogens is 264 g/mol. The highest BCUT2D eigenvalue weighted by atomic mass is 14.3. The molecule has 2 rings (SSSR count). The maximum atomic E-state index is 3.99. The molecule has 0 radical (unpaired) electrons. The molecule has 112 valence electrons. The Kier molecular flexibility index (Phi) is 4.82. The van der Waals surface area contributed by atoms with Gasteiger partial charge in [0.25, 0.3) is 0 Å². The topological polar surface area (TPSA) is 0 Å². The van der Waals surface area contributed by atoms with E-state index in [9.17, 15) is 0 Å². The molecule has 0 saturated heterocycles. The third-order valence-electron chi connectivity index (χ3n) is 4.12. The molecule has 1 aromatic carbocycles. The van der Waals surface area contributed by atoms with E-state index in [0.717, 1.165) is 24.0 Å². The van der Waals surface area contributed by atoms with Crippen molar-refractivity contribution in [3.63, 3.8) is 0 Å². The second kappa shape index (κ2) is 6.62. The van der Waals surface area contributed by atoms with Gasteiger partial charge < -0.3 is 0 Å². The fraction of sp³-hybridized carbons (Fsp3) is 0.182. The summed E-state index contributed by atoms with van der Waals surface area (Å²) in [5.41, 5.74) is 6.13. The predicted octanol–water partition coefficient (Wildman–Crippen LogP) is 6.15. The quantitative estimate of drug-likeness (QED) is 0.551. The van der Waals surface area contributed by atoms with Gasteiger partial charge >= 0.3 is 0 Å². The summed E-state index contributed by atoms with van der Waals surface area (Å²) in [6.07, 6.45) is 14.1. The van der Waals surface area contributed by atoms with Crippen molar-refractivity contribution < 1.29 is 0 Å². The van der Waals surface area contributed by atoms with Gasteiger partial charge in [-0.3, -0.25) is 0 Å². The van der Waals surface area contributed by atoms with Gasteiger partial charge in [0, 0.05) is 5.41 Å². The van der Waals surface area contributed by atoms with E-state index in [1.54, 1.807) is 0 Å². The van der Waals surface area contributed by atoms with Crippen LogP contribution in [0.2, 0.25) is 0 Å². The summed E-state index contributed by atoms with van der Waals surface area (Å²) in [6, 6.07) is 6.48. The van der Waals surface area contributed by atoms with Crippen molar-refractivity contribution in [1.82, 2.24) is 0 Å². The lowest BCUT2D eigenvalue weighted by Gasteiger charge is -2.28. The maximum absolute atomic E-state index is 3.99. The summed E-state index contributed by atoms with van der Waals surface area (Å²) in [4.78, 5) is 0. The van der Waals surface area contributed by atoms with Gasteiger partial charge in [0.05, 0.1) is 0 Å². The van der Waals surface area contributed by atoms with E-state index in [1.165, 1.54) is 16.7 Å². The van der Waals surface area contributed by atoms with Crippen molar-refractivity contribution in [3.05, 3.63) is 96.7 Å². The van der Waals surface area contributed by atoms with Crippen LogP contribution in [0.5, 0.6) is 0 Å². The smallest absolute Gasteiger partial charge is 0.00763 e. The zero-order valence-electron chi connectivity index (χ0n) is 13.4. The third kappa shape index (κ3) is 3.65. The maximum Gasteiger partial charge on any atom is 0.00763 e. The molecule has 0 heteroatoms. The van der Waals surface area contributed by atoms with E-state index in [4.69, 9.17) is 0 Å². The average Bonchev–Trinajstić information content (AvgIpc) is 2.53. The Morgan fingerprint density at radius 1 is 1.00 bits per heavy atom. The first-order chi connectivity index (χ1) is 10.5. The zero-order chi connectivity index (χ0) is 16.2. The van der Waals surface area contributed by atoms with Crippen LogP contribution in [0.1, 0.15) is 30.0 Å². The molecule has 22 heavy (non-hydrogen) atoms. The van der Waals surface area contributed by atoms with Crippen LogP contribution in [0.3, 0.4) is 0 Å². The third-order valence-corrected chi connectivity index (χ3v) is 4.12. The highest BCUT2D eigenvalue weighted by molar-refractivity contribution is 5.58. The molecule has 0 fully saturated rings. The van der Waals surface area contributed by atoms with Crippen LogP contribution in [0.4, 0.5) is 0 Å². The van der Waals surface area contributed by atoms with Gasteiger partial charge in [-0.1, -0.05) is 80.8 Å². The van der Waals surface area contributed by atoms with Crippen LogP contribution in [0.25, 0.3) is 12.2 Å². The molecule has 0 bridgehead atoms. The summed E-state index contributed by atoms with van der Waals surface area (Å²) in [7, 11) is 0. The van der Waals surface area contributed by atoms with E-state index < -0.39 is 0 Å². The lowest BCUT2D eigenvalue weighted by molar-refractivity contribution is 0.531. The Hall–Kier alpha value is -2.34. The lowest BCUT2D eigenvalue weighted by atomic mass is 9.76. The molecule has 1 aliphatic carbocycles. The lowest BCUT2D eigenvalue weighted by Crippen LogP contribution is -2.15. The van der Waals surface area contributed by atoms with E-state index in [2.05, 4.69) is 63.6 Å². The van der Waals surface area contributed by atoms with Crippen LogP contribution in [-0.2, 0) is 6.42 Å². The molecule has 0 amide bonds. The monoisotopic (exact) mass is 288 g/mol. The fourth-order valence-electron chi connectivity index (χ4n) is 2.96. The number of rotatable bonds is 6. The predicted molar refractivity (Wildman–Crippen MR) is 99.6 cm³/mol. The Morgan fingerprint density at radius 2 is 1.64 bits per heavy atom. The highest BCUT2D eigenvalue weighted by Crippen LogP contribution is 2.36. The normalized spacial score (nSPS) is 20.6. The van der Waals surface area contributed by atoms with Gasteiger partial charge in [0.2, 0.25) is 0 Å². The molecule has 0 spiro atoms. The van der Waals surface area contributed by atoms with Crippen LogP contribution in [0, 0.1) is 5.41 Å². The minimum absolute atomic E-state index is 0.00488. The molecule has 1 aromatic rings. The first kappa shape index (κ1) is 16.0. The average molecular weight is 288 g/mol. The Morgan fingerprint density at radius 3 is 2.14 bits per heavy atom. The van der Waals surface area contributed by atoms with Gasteiger partial charge in [-0.25, -0.2) is 0 Å². The second-order valence-electron chi connectivity index (χ2n) is 6.13. The fourth-order valence-corrected chi connectivity index (χ4v) is 2.96. The Balaban J connectivity index is 2.34. The van der Waals surface area contributed by atoms with E-state index in [0.29, 0.717) is 0 Å². The van der Waals surface area contributed by atoms with Crippen LogP contribution in [-0.4, -0.2) is 0 Å². The van der Waals surface area contributed by atoms with Crippen LogP contribution >= 0.6 is 0 Å². The van der Waals surface area contributed by atoms with Crippen molar-refractivity contribution in [2.45, 2.75) is 19.8 Å². The zero-order valence-corrected chi connectivity index (χ0v) is 13.4. The first-order valence-electron chi connectivity index (χ1n) is 7.59. The summed E-state index contributed by atoms with van der Waals surface area (Å²) in [5.74, 6) is 0. The van der Waals surface area contributed by atoms with Gasteiger partial charge in [-0.15, -0.1) is 6.58 Å². The largest absolute Gasteiger partial charge is 0.102 e. The molecule has 0 N–H and O–H groups in total. The Labute approximate surface area is 134 Å². The van der Waals surface area contributed by atoms with Crippen molar-refractivity contribution >= 4 is 12.2 Å². The molecule has 0 heterocycles. The molecule has 1 atom stereocenters. The minimum atomic E-state index is 0.00488. The van der Waals surface area contributed by atoms with E-state index in [-0.39, 0.29) is 5.41 Å². The summed E-state index contributed by atoms with van der Waals surface area (Å²) >= 11 is 0. The molecule has 0 nitrogen and oxygen atoms in total. The molecule has 0 aliphatic heterocycles. The molecule has 0 aromatic heterocycles. The van der Waals surface area contributed by atoms with Gasteiger partial charge in [0.1, 0.15) is 0 Å². The summed E-state index contributed by atoms with van der Waals surface area (Å²) in [6.45, 7) is 17.9. The molecule has 1 aliphatic rings. The molecular formula is C22H24. The number of hydrogen-bond acceptors (Lipinski definition) is 0. The number of benzene rings is 1. The van der Waals surface area contributed by atoms with Gasteiger partial charge in [0.15, 0.2) is 0 Å². The van der Waals surface area contributed by atoms with E-state index in [1.807, 2.05) is 24.3 Å². The van der Waals surface area contributed by atoms with Crippen LogP contribution in [0.15, 0.2) is 80.0 Å². The summed E-state index contributed by atoms with van der Waals surface area (Å²) < 4.78 is 0.